The first kappa shape index (κ1) is 18.1. The number of nitrogens with one attached hydrogen (secondary N) is 2. The maximum atomic E-state index is 12.7. The highest BCUT2D eigenvalue weighted by Crippen LogP contribution is 2.23. The summed E-state index contributed by atoms with van der Waals surface area (Å²) in [6.07, 6.45) is 1.55. The van der Waals surface area contributed by atoms with Crippen LogP contribution in [0.5, 0.6) is 0 Å². The van der Waals surface area contributed by atoms with Crippen LogP contribution in [0.2, 0.25) is 0 Å². The zero-order chi connectivity index (χ0) is 18.5. The van der Waals surface area contributed by atoms with Crippen molar-refractivity contribution in [2.75, 3.05) is 18.5 Å². The number of rotatable bonds is 6. The van der Waals surface area contributed by atoms with Crippen LogP contribution in [0.4, 0.5) is 5.82 Å². The Hall–Kier alpha value is -2.71. The number of ether oxygens (including phenoxy) is 2. The van der Waals surface area contributed by atoms with E-state index in [2.05, 4.69) is 15.6 Å². The summed E-state index contributed by atoms with van der Waals surface area (Å²) in [5, 5.41) is 5.45. The van der Waals surface area contributed by atoms with Gasteiger partial charge in [-0.3, -0.25) is 9.59 Å². The first-order valence-corrected chi connectivity index (χ1v) is 8.41. The lowest BCUT2D eigenvalue weighted by Crippen LogP contribution is -2.44. The van der Waals surface area contributed by atoms with Gasteiger partial charge in [0.05, 0.1) is 13.2 Å². The highest BCUT2D eigenvalue weighted by Gasteiger charge is 2.25. The van der Waals surface area contributed by atoms with Gasteiger partial charge in [0, 0.05) is 26.6 Å². The van der Waals surface area contributed by atoms with Gasteiger partial charge in [-0.1, -0.05) is 30.3 Å². The van der Waals surface area contributed by atoms with Gasteiger partial charge >= 0.3 is 0 Å². The maximum absolute atomic E-state index is 12.7. The third-order valence-corrected chi connectivity index (χ3v) is 3.97. The molecule has 1 saturated heterocycles. The summed E-state index contributed by atoms with van der Waals surface area (Å²) in [6, 6.07) is 8.82. The average Bonchev–Trinajstić information content (AvgIpc) is 3.24. The normalized spacial score (nSPS) is 15.6. The molecule has 1 unspecified atom stereocenters. The van der Waals surface area contributed by atoms with Crippen LogP contribution < -0.4 is 10.6 Å². The Balaban J connectivity index is 1.70. The Labute approximate surface area is 151 Å². The van der Waals surface area contributed by atoms with Gasteiger partial charge in [-0.25, -0.2) is 4.98 Å². The molecular formula is C18H22N4O4. The van der Waals surface area contributed by atoms with Crippen LogP contribution in [0, 0.1) is 0 Å². The Morgan fingerprint density at radius 3 is 2.62 bits per heavy atom. The van der Waals surface area contributed by atoms with E-state index in [-0.39, 0.29) is 11.8 Å². The van der Waals surface area contributed by atoms with Gasteiger partial charge in [0.2, 0.25) is 18.1 Å². The third kappa shape index (κ3) is 4.47. The minimum absolute atomic E-state index is 0.268. The van der Waals surface area contributed by atoms with E-state index in [4.69, 9.17) is 9.47 Å². The first-order valence-electron chi connectivity index (χ1n) is 8.41. The number of aromatic nitrogens is 2. The average molecular weight is 358 g/mol. The van der Waals surface area contributed by atoms with Gasteiger partial charge in [-0.05, 0) is 5.56 Å². The standard InChI is InChI=1S/C18H22N4O4/c1-12(23)19-14(10-13-6-4-3-5-7-13)17(24)21-15-11-22(2)16(20-15)18-25-8-9-26-18/h3-7,11,14,18H,8-10H2,1-2H3,(H,19,23)(H,21,24). The number of carbonyl (C=O) groups is 2. The number of hydrogen-bond acceptors (Lipinski definition) is 5. The summed E-state index contributed by atoms with van der Waals surface area (Å²) in [5.41, 5.74) is 0.955. The Morgan fingerprint density at radius 1 is 1.27 bits per heavy atom. The number of nitrogens with zero attached hydrogens (tertiary/aromatic N) is 2. The van der Waals surface area contributed by atoms with Crippen molar-refractivity contribution >= 4 is 17.6 Å². The molecule has 0 radical (unpaired) electrons. The Kier molecular flexibility index (Phi) is 5.65. The van der Waals surface area contributed by atoms with Gasteiger partial charge in [-0.2, -0.15) is 0 Å². The lowest BCUT2D eigenvalue weighted by molar-refractivity contribution is -0.125. The molecule has 1 aromatic carbocycles. The van der Waals surface area contributed by atoms with Crippen LogP contribution >= 0.6 is 0 Å². The van der Waals surface area contributed by atoms with Gasteiger partial charge in [0.1, 0.15) is 6.04 Å². The molecule has 1 atom stereocenters. The fourth-order valence-electron chi connectivity index (χ4n) is 2.79. The lowest BCUT2D eigenvalue weighted by Gasteiger charge is -2.17. The lowest BCUT2D eigenvalue weighted by atomic mass is 10.1. The molecule has 1 aromatic heterocycles. The SMILES string of the molecule is CC(=O)NC(Cc1ccccc1)C(=O)Nc1cn(C)c(C2OCCO2)n1. The topological polar surface area (TPSA) is 94.5 Å². The van der Waals surface area contributed by atoms with Crippen LogP contribution in [0.3, 0.4) is 0 Å². The largest absolute Gasteiger partial charge is 0.344 e. The number of imidazole rings is 1. The molecule has 1 aliphatic heterocycles. The summed E-state index contributed by atoms with van der Waals surface area (Å²) in [5.74, 6) is 0.365. The molecule has 138 valence electrons. The van der Waals surface area contributed by atoms with E-state index in [1.807, 2.05) is 30.3 Å². The second-order valence-electron chi connectivity index (χ2n) is 6.10. The van der Waals surface area contributed by atoms with E-state index in [0.29, 0.717) is 31.3 Å². The summed E-state index contributed by atoms with van der Waals surface area (Å²) in [4.78, 5) is 28.5. The summed E-state index contributed by atoms with van der Waals surface area (Å²) in [6.45, 7) is 2.42. The number of carbonyl (C=O) groups excluding carboxylic acids is 2. The molecule has 0 bridgehead atoms. The Morgan fingerprint density at radius 2 is 1.96 bits per heavy atom. The minimum atomic E-state index is -0.695. The smallest absolute Gasteiger partial charge is 0.248 e. The molecular weight excluding hydrogens is 336 g/mol. The van der Waals surface area contributed by atoms with E-state index in [1.165, 1.54) is 6.92 Å². The summed E-state index contributed by atoms with van der Waals surface area (Å²) >= 11 is 0. The third-order valence-electron chi connectivity index (χ3n) is 3.97. The zero-order valence-electron chi connectivity index (χ0n) is 14.8. The highest BCUT2D eigenvalue weighted by molar-refractivity contribution is 5.96. The number of amides is 2. The van der Waals surface area contributed by atoms with Crippen LogP contribution in [-0.2, 0) is 32.5 Å². The monoisotopic (exact) mass is 358 g/mol. The molecule has 2 aromatic rings. The molecule has 2 N–H and O–H groups in total. The minimum Gasteiger partial charge on any atom is -0.344 e. The molecule has 1 fully saturated rings. The molecule has 2 heterocycles. The summed E-state index contributed by atoms with van der Waals surface area (Å²) < 4.78 is 12.6. The molecule has 8 nitrogen and oxygen atoms in total. The van der Waals surface area contributed by atoms with E-state index < -0.39 is 12.3 Å². The molecule has 0 spiro atoms. The summed E-state index contributed by atoms with van der Waals surface area (Å²) in [7, 11) is 1.80. The number of benzene rings is 1. The van der Waals surface area contributed by atoms with Crippen molar-refractivity contribution in [3.63, 3.8) is 0 Å². The molecule has 1 aliphatic rings. The second-order valence-corrected chi connectivity index (χ2v) is 6.10. The van der Waals surface area contributed by atoms with Gasteiger partial charge in [0.15, 0.2) is 11.6 Å². The van der Waals surface area contributed by atoms with Crippen LogP contribution in [0.15, 0.2) is 36.5 Å². The number of hydrogen-bond donors (Lipinski definition) is 2. The predicted molar refractivity (Wildman–Crippen MR) is 94.2 cm³/mol. The van der Waals surface area contributed by atoms with E-state index >= 15 is 0 Å². The van der Waals surface area contributed by atoms with E-state index in [9.17, 15) is 9.59 Å². The number of aryl methyl sites for hydroxylation is 1. The van der Waals surface area contributed by atoms with E-state index in [0.717, 1.165) is 5.56 Å². The van der Waals surface area contributed by atoms with Crippen LogP contribution in [0.25, 0.3) is 0 Å². The molecule has 3 rings (SSSR count). The van der Waals surface area contributed by atoms with Crippen molar-refractivity contribution in [3.8, 4) is 0 Å². The van der Waals surface area contributed by atoms with Crippen molar-refractivity contribution in [1.82, 2.24) is 14.9 Å². The molecule has 2 amide bonds. The fourth-order valence-corrected chi connectivity index (χ4v) is 2.79. The fraction of sp³-hybridized carbons (Fsp3) is 0.389. The maximum Gasteiger partial charge on any atom is 0.248 e. The molecule has 0 aliphatic carbocycles. The van der Waals surface area contributed by atoms with Gasteiger partial charge in [-0.15, -0.1) is 0 Å². The second kappa shape index (κ2) is 8.11. The van der Waals surface area contributed by atoms with Crippen molar-refractivity contribution in [2.45, 2.75) is 25.7 Å². The van der Waals surface area contributed by atoms with Crippen LogP contribution in [0.1, 0.15) is 24.6 Å². The quantitative estimate of drug-likeness (QED) is 0.808. The Bertz CT molecular complexity index is 769. The number of anilines is 1. The zero-order valence-corrected chi connectivity index (χ0v) is 14.8. The molecule has 0 saturated carbocycles. The van der Waals surface area contributed by atoms with Gasteiger partial charge < -0.3 is 24.7 Å². The van der Waals surface area contributed by atoms with Crippen molar-refractivity contribution in [1.29, 1.82) is 0 Å². The van der Waals surface area contributed by atoms with Crippen molar-refractivity contribution in [2.24, 2.45) is 7.05 Å². The predicted octanol–water partition coefficient (Wildman–Crippen LogP) is 1.15. The van der Waals surface area contributed by atoms with Crippen molar-refractivity contribution in [3.05, 3.63) is 47.9 Å². The van der Waals surface area contributed by atoms with Crippen LogP contribution in [-0.4, -0.2) is 40.6 Å². The van der Waals surface area contributed by atoms with Gasteiger partial charge in [0.25, 0.3) is 0 Å². The molecule has 26 heavy (non-hydrogen) atoms. The van der Waals surface area contributed by atoms with Crippen molar-refractivity contribution < 1.29 is 19.1 Å². The first-order chi connectivity index (χ1) is 12.5. The van der Waals surface area contributed by atoms with E-state index in [1.54, 1.807) is 17.8 Å². The highest BCUT2D eigenvalue weighted by atomic mass is 16.7. The molecule has 8 heteroatoms.